The normalized spacial score (nSPS) is 12.7. The molecule has 0 aliphatic rings. The van der Waals surface area contributed by atoms with E-state index < -0.39 is 0 Å². The fourth-order valence-electron chi connectivity index (χ4n) is 2.23. The maximum absolute atomic E-state index is 6.37. The van der Waals surface area contributed by atoms with Gasteiger partial charge in [0.25, 0.3) is 0 Å². The van der Waals surface area contributed by atoms with Gasteiger partial charge in [-0.3, -0.25) is 4.68 Å². The third kappa shape index (κ3) is 3.20. The molecule has 1 aromatic carbocycles. The van der Waals surface area contributed by atoms with Crippen molar-refractivity contribution in [1.82, 2.24) is 9.78 Å². The molecule has 4 heteroatoms. The molecule has 108 valence electrons. The average molecular weight is 273 g/mol. The van der Waals surface area contributed by atoms with E-state index in [0.29, 0.717) is 0 Å². The number of hydrogen-bond donors (Lipinski definition) is 1. The smallest absolute Gasteiger partial charge is 0.120 e. The number of ether oxygens (including phenoxy) is 1. The number of nitrogens with zero attached hydrogens (tertiary/aromatic N) is 2. The highest BCUT2D eigenvalue weighted by Crippen LogP contribution is 2.24. The molecule has 4 nitrogen and oxygen atoms in total. The lowest BCUT2D eigenvalue weighted by molar-refractivity contribution is 0.242. The molecular weight excluding hydrogens is 250 g/mol. The van der Waals surface area contributed by atoms with Crippen molar-refractivity contribution in [2.75, 3.05) is 0 Å². The summed E-state index contributed by atoms with van der Waals surface area (Å²) in [6.07, 6.45) is 1.07. The van der Waals surface area contributed by atoms with E-state index in [2.05, 4.69) is 18.1 Å². The third-order valence-electron chi connectivity index (χ3n) is 3.24. The number of benzene rings is 1. The summed E-state index contributed by atoms with van der Waals surface area (Å²) >= 11 is 0. The third-order valence-corrected chi connectivity index (χ3v) is 3.24. The van der Waals surface area contributed by atoms with Crippen LogP contribution in [0.25, 0.3) is 0 Å². The van der Waals surface area contributed by atoms with Crippen LogP contribution >= 0.6 is 0 Å². The van der Waals surface area contributed by atoms with Gasteiger partial charge in [0.05, 0.1) is 23.5 Å². The minimum absolute atomic E-state index is 0.157. The molecule has 2 N–H and O–H groups in total. The van der Waals surface area contributed by atoms with Gasteiger partial charge >= 0.3 is 0 Å². The highest BCUT2D eigenvalue weighted by molar-refractivity contribution is 5.35. The largest absolute Gasteiger partial charge is 0.491 e. The van der Waals surface area contributed by atoms with Gasteiger partial charge < -0.3 is 10.5 Å². The van der Waals surface area contributed by atoms with E-state index in [1.807, 2.05) is 49.8 Å². The fourth-order valence-corrected chi connectivity index (χ4v) is 2.23. The van der Waals surface area contributed by atoms with Crippen molar-refractivity contribution in [3.63, 3.8) is 0 Å². The van der Waals surface area contributed by atoms with Crippen molar-refractivity contribution < 1.29 is 4.74 Å². The molecule has 1 atom stereocenters. The molecule has 20 heavy (non-hydrogen) atoms. The van der Waals surface area contributed by atoms with Gasteiger partial charge in [0, 0.05) is 7.05 Å². The van der Waals surface area contributed by atoms with E-state index >= 15 is 0 Å². The molecule has 0 amide bonds. The van der Waals surface area contributed by atoms with Gasteiger partial charge in [-0.15, -0.1) is 0 Å². The molecule has 2 aromatic rings. The first-order valence-corrected chi connectivity index (χ1v) is 7.06. The zero-order valence-corrected chi connectivity index (χ0v) is 12.6. The Kier molecular flexibility index (Phi) is 4.45. The van der Waals surface area contributed by atoms with Crippen LogP contribution in [0.2, 0.25) is 0 Å². The molecule has 0 aliphatic carbocycles. The summed E-state index contributed by atoms with van der Waals surface area (Å²) < 4.78 is 7.58. The van der Waals surface area contributed by atoms with Crippen LogP contribution in [-0.2, 0) is 13.5 Å². The van der Waals surface area contributed by atoms with Gasteiger partial charge in [0.1, 0.15) is 5.75 Å². The summed E-state index contributed by atoms with van der Waals surface area (Å²) in [5, 5.41) is 4.45. The molecule has 0 saturated heterocycles. The number of nitrogens with two attached hydrogens (primary N) is 1. The van der Waals surface area contributed by atoms with Crippen LogP contribution in [0.3, 0.4) is 0 Å². The van der Waals surface area contributed by atoms with Gasteiger partial charge in [-0.2, -0.15) is 5.10 Å². The van der Waals surface area contributed by atoms with Crippen molar-refractivity contribution >= 4 is 0 Å². The maximum Gasteiger partial charge on any atom is 0.120 e. The quantitative estimate of drug-likeness (QED) is 0.911. The Balaban J connectivity index is 2.27. The lowest BCUT2D eigenvalue weighted by Crippen LogP contribution is -2.16. The molecule has 0 saturated carbocycles. The minimum Gasteiger partial charge on any atom is -0.491 e. The zero-order chi connectivity index (χ0) is 14.7. The van der Waals surface area contributed by atoms with Crippen LogP contribution in [0.5, 0.6) is 5.75 Å². The maximum atomic E-state index is 6.37. The molecule has 0 bridgehead atoms. The van der Waals surface area contributed by atoms with Gasteiger partial charge in [0.2, 0.25) is 0 Å². The van der Waals surface area contributed by atoms with Crippen molar-refractivity contribution in [2.24, 2.45) is 12.8 Å². The zero-order valence-electron chi connectivity index (χ0n) is 12.6. The number of hydrogen-bond acceptors (Lipinski definition) is 3. The monoisotopic (exact) mass is 273 g/mol. The Bertz CT molecular complexity index is 575. The van der Waals surface area contributed by atoms with E-state index in [1.165, 1.54) is 0 Å². The SMILES string of the molecule is CCc1cc(C(N)c2cccc(OC(C)C)c2)n(C)n1. The predicted octanol–water partition coefficient (Wildman–Crippen LogP) is 2.82. The van der Waals surface area contributed by atoms with E-state index in [9.17, 15) is 0 Å². The van der Waals surface area contributed by atoms with Gasteiger partial charge in [0.15, 0.2) is 0 Å². The second kappa shape index (κ2) is 6.09. The lowest BCUT2D eigenvalue weighted by atomic mass is 10.0. The summed E-state index contributed by atoms with van der Waals surface area (Å²) in [5.41, 5.74) is 9.48. The molecule has 0 fully saturated rings. The predicted molar refractivity (Wildman–Crippen MR) is 80.8 cm³/mol. The van der Waals surface area contributed by atoms with Crippen LogP contribution in [0.4, 0.5) is 0 Å². The van der Waals surface area contributed by atoms with Crippen molar-refractivity contribution in [3.8, 4) is 5.75 Å². The molecule has 1 aromatic heterocycles. The molecule has 0 aliphatic heterocycles. The number of aryl methyl sites for hydroxylation is 2. The molecule has 0 radical (unpaired) electrons. The number of aromatic nitrogens is 2. The minimum atomic E-state index is -0.191. The Morgan fingerprint density at radius 1 is 1.30 bits per heavy atom. The van der Waals surface area contributed by atoms with E-state index in [1.54, 1.807) is 0 Å². The molecular formula is C16H23N3O. The summed E-state index contributed by atoms with van der Waals surface area (Å²) in [7, 11) is 1.93. The summed E-state index contributed by atoms with van der Waals surface area (Å²) in [5.74, 6) is 0.853. The van der Waals surface area contributed by atoms with Crippen molar-refractivity contribution in [1.29, 1.82) is 0 Å². The van der Waals surface area contributed by atoms with Gasteiger partial charge in [-0.1, -0.05) is 19.1 Å². The van der Waals surface area contributed by atoms with Gasteiger partial charge in [-0.05, 0) is 44.0 Å². The van der Waals surface area contributed by atoms with Crippen LogP contribution in [0, 0.1) is 0 Å². The average Bonchev–Trinajstić information content (AvgIpc) is 2.79. The highest BCUT2D eigenvalue weighted by atomic mass is 16.5. The van der Waals surface area contributed by atoms with Crippen LogP contribution < -0.4 is 10.5 Å². The number of rotatable bonds is 5. The van der Waals surface area contributed by atoms with Crippen LogP contribution in [0.1, 0.15) is 43.8 Å². The Morgan fingerprint density at radius 2 is 2.05 bits per heavy atom. The first-order valence-electron chi connectivity index (χ1n) is 7.06. The molecule has 0 spiro atoms. The Labute approximate surface area is 120 Å². The first-order chi connectivity index (χ1) is 9.51. The van der Waals surface area contributed by atoms with Crippen molar-refractivity contribution in [3.05, 3.63) is 47.3 Å². The summed E-state index contributed by atoms with van der Waals surface area (Å²) in [6, 6.07) is 9.84. The van der Waals surface area contributed by atoms with Crippen LogP contribution in [0.15, 0.2) is 30.3 Å². The molecule has 2 rings (SSSR count). The Hall–Kier alpha value is -1.81. The lowest BCUT2D eigenvalue weighted by Gasteiger charge is -2.15. The molecule has 1 heterocycles. The fraction of sp³-hybridized carbons (Fsp3) is 0.438. The second-order valence-electron chi connectivity index (χ2n) is 5.25. The van der Waals surface area contributed by atoms with E-state index in [0.717, 1.165) is 29.1 Å². The van der Waals surface area contributed by atoms with E-state index in [-0.39, 0.29) is 12.1 Å². The topological polar surface area (TPSA) is 53.1 Å². The van der Waals surface area contributed by atoms with E-state index in [4.69, 9.17) is 10.5 Å². The van der Waals surface area contributed by atoms with Crippen LogP contribution in [-0.4, -0.2) is 15.9 Å². The van der Waals surface area contributed by atoms with Crippen molar-refractivity contribution in [2.45, 2.75) is 39.3 Å². The first kappa shape index (κ1) is 14.6. The Morgan fingerprint density at radius 3 is 2.65 bits per heavy atom. The highest BCUT2D eigenvalue weighted by Gasteiger charge is 2.15. The second-order valence-corrected chi connectivity index (χ2v) is 5.25. The summed E-state index contributed by atoms with van der Waals surface area (Å²) in [6.45, 7) is 6.12. The summed E-state index contributed by atoms with van der Waals surface area (Å²) in [4.78, 5) is 0. The standard InChI is InChI=1S/C16H23N3O/c1-5-13-10-15(19(4)18-13)16(17)12-7-6-8-14(9-12)20-11(2)3/h6-11,16H,5,17H2,1-4H3. The van der Waals surface area contributed by atoms with Gasteiger partial charge in [-0.25, -0.2) is 0 Å². The molecule has 1 unspecified atom stereocenters.